The summed E-state index contributed by atoms with van der Waals surface area (Å²) >= 11 is 3.26. The molecule has 0 saturated carbocycles. The molecule has 0 atom stereocenters. The molecule has 0 unspecified atom stereocenters. The van der Waals surface area contributed by atoms with Crippen molar-refractivity contribution in [1.29, 1.82) is 0 Å². The Morgan fingerprint density at radius 3 is 2.75 bits per heavy atom. The van der Waals surface area contributed by atoms with Crippen LogP contribution in [-0.2, 0) is 6.42 Å². The summed E-state index contributed by atoms with van der Waals surface area (Å²) in [5.41, 5.74) is 2.28. The monoisotopic (exact) mass is 226 g/mol. The zero-order valence-corrected chi connectivity index (χ0v) is 8.56. The topological polar surface area (TPSA) is 20.2 Å². The lowest BCUT2D eigenvalue weighted by Gasteiger charge is -2.02. The lowest BCUT2D eigenvalue weighted by molar-refractivity contribution is 0.471. The van der Waals surface area contributed by atoms with Crippen LogP contribution >= 0.6 is 15.9 Å². The van der Waals surface area contributed by atoms with Gasteiger partial charge in [0, 0.05) is 0 Å². The predicted molar refractivity (Wildman–Crippen MR) is 54.3 cm³/mol. The van der Waals surface area contributed by atoms with Crippen molar-refractivity contribution in [2.75, 3.05) is 0 Å². The van der Waals surface area contributed by atoms with Crippen LogP contribution in [0.25, 0.3) is 0 Å². The first-order chi connectivity index (χ1) is 5.59. The van der Waals surface area contributed by atoms with Gasteiger partial charge in [-0.05, 0) is 47.0 Å². The molecule has 1 nitrogen and oxygen atoms in total. The third-order valence-electron chi connectivity index (χ3n) is 1.52. The molecule has 0 bridgehead atoms. The van der Waals surface area contributed by atoms with E-state index < -0.39 is 0 Å². The van der Waals surface area contributed by atoms with Crippen LogP contribution in [0.1, 0.15) is 12.5 Å². The van der Waals surface area contributed by atoms with Gasteiger partial charge < -0.3 is 5.11 Å². The highest BCUT2D eigenvalue weighted by molar-refractivity contribution is 9.10. The number of rotatable bonds is 2. The quantitative estimate of drug-likeness (QED) is 0.768. The van der Waals surface area contributed by atoms with Crippen molar-refractivity contribution in [3.63, 3.8) is 0 Å². The molecule has 0 radical (unpaired) electrons. The van der Waals surface area contributed by atoms with E-state index in [0.717, 1.165) is 22.0 Å². The van der Waals surface area contributed by atoms with E-state index in [9.17, 15) is 5.11 Å². The molecule has 0 aromatic heterocycles. The number of aromatic hydroxyl groups is 1. The summed E-state index contributed by atoms with van der Waals surface area (Å²) in [5, 5.41) is 9.21. The van der Waals surface area contributed by atoms with Gasteiger partial charge in [0.05, 0.1) is 4.47 Å². The average molecular weight is 227 g/mol. The summed E-state index contributed by atoms with van der Waals surface area (Å²) < 4.78 is 0.737. The maximum absolute atomic E-state index is 9.21. The Morgan fingerprint density at radius 1 is 1.58 bits per heavy atom. The molecule has 0 aliphatic carbocycles. The highest BCUT2D eigenvalue weighted by Crippen LogP contribution is 2.24. The Balaban J connectivity index is 2.89. The fraction of sp³-hybridized carbons (Fsp3) is 0.200. The number of halogens is 1. The van der Waals surface area contributed by atoms with Gasteiger partial charge in [0.15, 0.2) is 0 Å². The van der Waals surface area contributed by atoms with E-state index in [1.807, 2.05) is 19.1 Å². The molecule has 0 heterocycles. The number of allylic oxidation sites excluding steroid dienone is 1. The molecule has 0 saturated heterocycles. The van der Waals surface area contributed by atoms with Crippen molar-refractivity contribution in [3.05, 3.63) is 40.4 Å². The van der Waals surface area contributed by atoms with E-state index in [2.05, 4.69) is 22.5 Å². The lowest BCUT2D eigenvalue weighted by Crippen LogP contribution is -1.84. The average Bonchev–Trinajstić information content (AvgIpc) is 1.96. The number of benzene rings is 1. The van der Waals surface area contributed by atoms with Crippen molar-refractivity contribution in [2.45, 2.75) is 13.3 Å². The minimum absolute atomic E-state index is 0.278. The molecule has 0 amide bonds. The Bertz CT molecular complexity index is 305. The van der Waals surface area contributed by atoms with Crippen LogP contribution in [0.4, 0.5) is 0 Å². The first-order valence-corrected chi connectivity index (χ1v) is 4.50. The van der Waals surface area contributed by atoms with Gasteiger partial charge in [-0.25, -0.2) is 0 Å². The van der Waals surface area contributed by atoms with Gasteiger partial charge in [-0.2, -0.15) is 0 Å². The summed E-state index contributed by atoms with van der Waals surface area (Å²) in [4.78, 5) is 0. The van der Waals surface area contributed by atoms with Crippen LogP contribution < -0.4 is 0 Å². The van der Waals surface area contributed by atoms with Gasteiger partial charge in [0.2, 0.25) is 0 Å². The summed E-state index contributed by atoms with van der Waals surface area (Å²) in [7, 11) is 0. The Morgan fingerprint density at radius 2 is 2.25 bits per heavy atom. The Labute approximate surface area is 80.9 Å². The van der Waals surface area contributed by atoms with Crippen molar-refractivity contribution in [1.82, 2.24) is 0 Å². The number of hydrogen-bond donors (Lipinski definition) is 1. The van der Waals surface area contributed by atoms with Gasteiger partial charge in [-0.3, -0.25) is 0 Å². The molecule has 0 spiro atoms. The predicted octanol–water partition coefficient (Wildman–Crippen LogP) is 3.27. The summed E-state index contributed by atoms with van der Waals surface area (Å²) in [5.74, 6) is 0.278. The second kappa shape index (κ2) is 3.76. The molecule has 12 heavy (non-hydrogen) atoms. The normalized spacial score (nSPS) is 9.83. The smallest absolute Gasteiger partial charge is 0.129 e. The molecule has 1 rings (SSSR count). The molecule has 1 aromatic carbocycles. The van der Waals surface area contributed by atoms with Crippen LogP contribution in [0.15, 0.2) is 34.8 Å². The minimum atomic E-state index is 0.278. The first kappa shape index (κ1) is 9.33. The molecule has 1 aromatic rings. The number of hydrogen-bond acceptors (Lipinski definition) is 1. The Kier molecular flexibility index (Phi) is 2.93. The summed E-state index contributed by atoms with van der Waals surface area (Å²) in [6.45, 7) is 5.81. The largest absolute Gasteiger partial charge is 0.507 e. The van der Waals surface area contributed by atoms with Crippen molar-refractivity contribution in [2.24, 2.45) is 0 Å². The second-order valence-corrected chi connectivity index (χ2v) is 3.77. The molecule has 1 N–H and O–H groups in total. The third kappa shape index (κ3) is 2.38. The molecule has 0 aliphatic heterocycles. The van der Waals surface area contributed by atoms with Crippen molar-refractivity contribution >= 4 is 15.9 Å². The Hall–Kier alpha value is -0.760. The number of phenolic OH excluding ortho intramolecular Hbond substituents is 1. The maximum Gasteiger partial charge on any atom is 0.129 e. The molecule has 0 fully saturated rings. The zero-order chi connectivity index (χ0) is 9.14. The fourth-order valence-corrected chi connectivity index (χ4v) is 1.44. The summed E-state index contributed by atoms with van der Waals surface area (Å²) in [6, 6.07) is 5.49. The fourth-order valence-electron chi connectivity index (χ4n) is 1.01. The number of phenols is 1. The molecule has 0 aliphatic rings. The molecule has 64 valence electrons. The van der Waals surface area contributed by atoms with E-state index in [0.29, 0.717) is 0 Å². The van der Waals surface area contributed by atoms with Gasteiger partial charge in [0.1, 0.15) is 5.75 Å². The van der Waals surface area contributed by atoms with Gasteiger partial charge in [-0.1, -0.05) is 18.2 Å². The van der Waals surface area contributed by atoms with Gasteiger partial charge >= 0.3 is 0 Å². The standard InChI is InChI=1S/C10H11BrO/c1-7(2)5-8-3-4-10(12)9(11)6-8/h3-4,6,12H,1,5H2,2H3. The van der Waals surface area contributed by atoms with Crippen LogP contribution in [0, 0.1) is 0 Å². The van der Waals surface area contributed by atoms with Crippen LogP contribution in [0.2, 0.25) is 0 Å². The van der Waals surface area contributed by atoms with E-state index in [4.69, 9.17) is 0 Å². The highest BCUT2D eigenvalue weighted by atomic mass is 79.9. The van der Waals surface area contributed by atoms with E-state index in [-0.39, 0.29) is 5.75 Å². The maximum atomic E-state index is 9.21. The molecular formula is C10H11BrO. The molecule has 2 heteroatoms. The van der Waals surface area contributed by atoms with Gasteiger partial charge in [-0.15, -0.1) is 0 Å². The van der Waals surface area contributed by atoms with Crippen LogP contribution in [-0.4, -0.2) is 5.11 Å². The second-order valence-electron chi connectivity index (χ2n) is 2.92. The minimum Gasteiger partial charge on any atom is -0.507 e. The molecular weight excluding hydrogens is 216 g/mol. The van der Waals surface area contributed by atoms with E-state index in [1.54, 1.807) is 6.07 Å². The van der Waals surface area contributed by atoms with E-state index in [1.165, 1.54) is 0 Å². The van der Waals surface area contributed by atoms with Crippen molar-refractivity contribution in [3.8, 4) is 5.75 Å². The van der Waals surface area contributed by atoms with Crippen LogP contribution in [0.3, 0.4) is 0 Å². The van der Waals surface area contributed by atoms with E-state index >= 15 is 0 Å². The lowest BCUT2D eigenvalue weighted by atomic mass is 10.1. The SMILES string of the molecule is C=C(C)Cc1ccc(O)c(Br)c1. The summed E-state index contributed by atoms with van der Waals surface area (Å²) in [6.07, 6.45) is 0.860. The first-order valence-electron chi connectivity index (χ1n) is 3.71. The van der Waals surface area contributed by atoms with Crippen LogP contribution in [0.5, 0.6) is 5.75 Å². The van der Waals surface area contributed by atoms with Gasteiger partial charge in [0.25, 0.3) is 0 Å². The third-order valence-corrected chi connectivity index (χ3v) is 2.15. The zero-order valence-electron chi connectivity index (χ0n) is 6.97. The van der Waals surface area contributed by atoms with Crippen molar-refractivity contribution < 1.29 is 5.11 Å². The highest BCUT2D eigenvalue weighted by Gasteiger charge is 1.98.